The Balaban J connectivity index is 1.69. The summed E-state index contributed by atoms with van der Waals surface area (Å²) in [6.45, 7) is 0. The first-order valence-corrected chi connectivity index (χ1v) is 10.8. The molecule has 0 aliphatic heterocycles. The van der Waals surface area contributed by atoms with Gasteiger partial charge in [0.05, 0.1) is 22.3 Å². The molecular weight excluding hydrogens is 460 g/mol. The van der Waals surface area contributed by atoms with Crippen molar-refractivity contribution in [2.75, 3.05) is 10.6 Å². The van der Waals surface area contributed by atoms with E-state index >= 15 is 0 Å². The summed E-state index contributed by atoms with van der Waals surface area (Å²) in [5, 5.41) is 24.4. The van der Waals surface area contributed by atoms with E-state index in [9.17, 15) is 29.4 Å². The number of aromatic carboxylic acids is 2. The van der Waals surface area contributed by atoms with Gasteiger partial charge in [0.2, 0.25) is 0 Å². The van der Waals surface area contributed by atoms with Crippen LogP contribution in [0.5, 0.6) is 0 Å². The third-order valence-electron chi connectivity index (χ3n) is 5.44. The van der Waals surface area contributed by atoms with Gasteiger partial charge in [0.1, 0.15) is 0 Å². The Morgan fingerprint density at radius 1 is 0.444 bits per heavy atom. The molecule has 0 unspecified atom stereocenters. The largest absolute Gasteiger partial charge is 0.478 e. The Labute approximate surface area is 205 Å². The van der Waals surface area contributed by atoms with Crippen LogP contribution < -0.4 is 10.6 Å². The van der Waals surface area contributed by atoms with Gasteiger partial charge >= 0.3 is 11.9 Å². The van der Waals surface area contributed by atoms with E-state index in [0.717, 1.165) is 0 Å². The normalized spacial score (nSPS) is 10.3. The number of carboxylic acid groups (broad SMARTS) is 2. The number of anilines is 2. The van der Waals surface area contributed by atoms with Crippen LogP contribution in [0.15, 0.2) is 97.1 Å². The Kier molecular flexibility index (Phi) is 6.87. The summed E-state index contributed by atoms with van der Waals surface area (Å²) in [6, 6.07) is 25.5. The molecule has 4 aromatic carbocycles. The number of carbonyl (C=O) groups is 4. The lowest BCUT2D eigenvalue weighted by Crippen LogP contribution is -2.18. The van der Waals surface area contributed by atoms with Crippen molar-refractivity contribution in [3.8, 4) is 11.1 Å². The summed E-state index contributed by atoms with van der Waals surface area (Å²) in [6.07, 6.45) is 0. The molecule has 0 atom stereocenters. The van der Waals surface area contributed by atoms with Gasteiger partial charge in [-0.2, -0.15) is 0 Å². The second-order valence-corrected chi connectivity index (χ2v) is 7.70. The molecule has 8 heteroatoms. The first-order chi connectivity index (χ1) is 17.4. The van der Waals surface area contributed by atoms with E-state index in [4.69, 9.17) is 0 Å². The fourth-order valence-corrected chi connectivity index (χ4v) is 3.77. The molecule has 0 saturated heterocycles. The molecule has 0 spiro atoms. The average molecular weight is 480 g/mol. The second-order valence-electron chi connectivity index (χ2n) is 7.70. The zero-order chi connectivity index (χ0) is 25.7. The fraction of sp³-hybridized carbons (Fsp3) is 0. The standard InChI is InChI=1S/C28H20N2O6/c31-25(19-11-1-3-13-21(19)27(33)34)29-23-15-7-5-9-17(23)18-10-6-8-16-24(18)30-26(32)20-12-2-4-14-22(20)28(35)36/h1-16H,(H,29,31)(H,30,32)(H,33,34)(H,35,36). The summed E-state index contributed by atoms with van der Waals surface area (Å²) >= 11 is 0. The lowest BCUT2D eigenvalue weighted by atomic mass is 10.00. The molecule has 0 aromatic heterocycles. The maximum absolute atomic E-state index is 13.0. The highest BCUT2D eigenvalue weighted by Gasteiger charge is 2.20. The topological polar surface area (TPSA) is 133 Å². The number of hydrogen-bond acceptors (Lipinski definition) is 4. The Hall–Kier alpha value is -5.24. The molecular formula is C28H20N2O6. The minimum absolute atomic E-state index is 0.00617. The molecule has 0 heterocycles. The third kappa shape index (κ3) is 4.97. The highest BCUT2D eigenvalue weighted by atomic mass is 16.4. The van der Waals surface area contributed by atoms with Crippen LogP contribution in [0.3, 0.4) is 0 Å². The average Bonchev–Trinajstić information content (AvgIpc) is 2.89. The predicted octanol–water partition coefficient (Wildman–Crippen LogP) is 5.25. The molecule has 178 valence electrons. The van der Waals surface area contributed by atoms with Gasteiger partial charge in [-0.25, -0.2) is 9.59 Å². The predicted molar refractivity (Wildman–Crippen MR) is 135 cm³/mol. The molecule has 8 nitrogen and oxygen atoms in total. The molecule has 4 aromatic rings. The van der Waals surface area contributed by atoms with Crippen LogP contribution in [-0.2, 0) is 0 Å². The van der Waals surface area contributed by atoms with E-state index in [2.05, 4.69) is 10.6 Å². The quantitative estimate of drug-likeness (QED) is 0.285. The van der Waals surface area contributed by atoms with Crippen molar-refractivity contribution >= 4 is 35.1 Å². The van der Waals surface area contributed by atoms with E-state index < -0.39 is 23.8 Å². The number of para-hydroxylation sites is 2. The van der Waals surface area contributed by atoms with E-state index in [1.54, 1.807) is 60.7 Å². The molecule has 0 radical (unpaired) electrons. The van der Waals surface area contributed by atoms with Crippen LogP contribution in [0.2, 0.25) is 0 Å². The first kappa shape index (κ1) is 23.9. The third-order valence-corrected chi connectivity index (χ3v) is 5.44. The van der Waals surface area contributed by atoms with E-state index in [-0.39, 0.29) is 22.3 Å². The van der Waals surface area contributed by atoms with E-state index in [0.29, 0.717) is 22.5 Å². The second kappa shape index (κ2) is 10.4. The van der Waals surface area contributed by atoms with Gasteiger partial charge in [0, 0.05) is 22.5 Å². The van der Waals surface area contributed by atoms with Gasteiger partial charge in [-0.1, -0.05) is 60.7 Å². The zero-order valence-corrected chi connectivity index (χ0v) is 18.8. The van der Waals surface area contributed by atoms with Crippen molar-refractivity contribution in [3.05, 3.63) is 119 Å². The van der Waals surface area contributed by atoms with Crippen molar-refractivity contribution in [1.29, 1.82) is 0 Å². The zero-order valence-electron chi connectivity index (χ0n) is 18.8. The van der Waals surface area contributed by atoms with Crippen LogP contribution in [0, 0.1) is 0 Å². The smallest absolute Gasteiger partial charge is 0.336 e. The van der Waals surface area contributed by atoms with Crippen LogP contribution in [0.25, 0.3) is 11.1 Å². The van der Waals surface area contributed by atoms with Crippen molar-refractivity contribution in [3.63, 3.8) is 0 Å². The van der Waals surface area contributed by atoms with Crippen LogP contribution in [-0.4, -0.2) is 34.0 Å². The molecule has 0 saturated carbocycles. The molecule has 36 heavy (non-hydrogen) atoms. The molecule has 4 N–H and O–H groups in total. The molecule has 2 amide bonds. The SMILES string of the molecule is O=C(O)c1ccccc1C(=O)Nc1ccccc1-c1ccccc1NC(=O)c1ccccc1C(=O)O. The van der Waals surface area contributed by atoms with Crippen LogP contribution in [0.1, 0.15) is 41.4 Å². The monoisotopic (exact) mass is 480 g/mol. The first-order valence-electron chi connectivity index (χ1n) is 10.8. The molecule has 0 fully saturated rings. The van der Waals surface area contributed by atoms with E-state index in [1.807, 2.05) is 0 Å². The summed E-state index contributed by atoms with van der Waals surface area (Å²) in [5.41, 5.74) is 1.70. The summed E-state index contributed by atoms with van der Waals surface area (Å²) in [7, 11) is 0. The Bertz CT molecular complexity index is 1380. The summed E-state index contributed by atoms with van der Waals surface area (Å²) in [4.78, 5) is 49.0. The molecule has 0 bridgehead atoms. The van der Waals surface area contributed by atoms with Gasteiger partial charge in [0.15, 0.2) is 0 Å². The lowest BCUT2D eigenvalue weighted by molar-refractivity contribution is 0.0683. The number of benzene rings is 4. The van der Waals surface area contributed by atoms with Gasteiger partial charge in [-0.3, -0.25) is 9.59 Å². The summed E-state index contributed by atoms with van der Waals surface area (Å²) in [5.74, 6) is -3.64. The number of amides is 2. The van der Waals surface area contributed by atoms with Crippen molar-refractivity contribution in [1.82, 2.24) is 0 Å². The maximum atomic E-state index is 13.0. The summed E-state index contributed by atoms with van der Waals surface area (Å²) < 4.78 is 0. The molecule has 0 aliphatic carbocycles. The number of carboxylic acids is 2. The van der Waals surface area contributed by atoms with Gasteiger partial charge in [-0.15, -0.1) is 0 Å². The number of hydrogen-bond donors (Lipinski definition) is 4. The number of carbonyl (C=O) groups excluding carboxylic acids is 2. The number of rotatable bonds is 7. The fourth-order valence-electron chi connectivity index (χ4n) is 3.77. The molecule has 4 rings (SSSR count). The van der Waals surface area contributed by atoms with Gasteiger partial charge < -0.3 is 20.8 Å². The van der Waals surface area contributed by atoms with E-state index in [1.165, 1.54) is 36.4 Å². The van der Waals surface area contributed by atoms with Crippen LogP contribution >= 0.6 is 0 Å². The maximum Gasteiger partial charge on any atom is 0.336 e. The lowest BCUT2D eigenvalue weighted by Gasteiger charge is -2.16. The van der Waals surface area contributed by atoms with Crippen molar-refractivity contribution in [2.45, 2.75) is 0 Å². The number of nitrogens with one attached hydrogen (secondary N) is 2. The van der Waals surface area contributed by atoms with Crippen LogP contribution in [0.4, 0.5) is 11.4 Å². The Morgan fingerprint density at radius 3 is 1.11 bits per heavy atom. The minimum Gasteiger partial charge on any atom is -0.478 e. The molecule has 0 aliphatic rings. The van der Waals surface area contributed by atoms with Gasteiger partial charge in [0.25, 0.3) is 11.8 Å². The van der Waals surface area contributed by atoms with Gasteiger partial charge in [-0.05, 0) is 36.4 Å². The van der Waals surface area contributed by atoms with Crippen molar-refractivity contribution < 1.29 is 29.4 Å². The minimum atomic E-state index is -1.22. The van der Waals surface area contributed by atoms with Crippen molar-refractivity contribution in [2.24, 2.45) is 0 Å². The highest BCUT2D eigenvalue weighted by Crippen LogP contribution is 2.34. The Morgan fingerprint density at radius 2 is 0.750 bits per heavy atom. The highest BCUT2D eigenvalue weighted by molar-refractivity contribution is 6.14.